The number of hydrogen-bond acceptors (Lipinski definition) is 4. The van der Waals surface area contributed by atoms with E-state index in [0.29, 0.717) is 12.5 Å². The van der Waals surface area contributed by atoms with E-state index >= 15 is 0 Å². The summed E-state index contributed by atoms with van der Waals surface area (Å²) in [6.07, 6.45) is 6.12. The number of nitrogens with zero attached hydrogens (tertiary/aromatic N) is 5. The Morgan fingerprint density at radius 1 is 1.21 bits per heavy atom. The first-order valence-corrected chi connectivity index (χ1v) is 8.07. The summed E-state index contributed by atoms with van der Waals surface area (Å²) in [7, 11) is 0. The predicted molar refractivity (Wildman–Crippen MR) is 90.9 cm³/mol. The molecule has 5 heteroatoms. The predicted octanol–water partition coefficient (Wildman–Crippen LogP) is 2.85. The molecule has 0 saturated heterocycles. The van der Waals surface area contributed by atoms with Crippen LogP contribution in [-0.4, -0.2) is 25.0 Å². The molecule has 1 aliphatic rings. The summed E-state index contributed by atoms with van der Waals surface area (Å²) in [4.78, 5) is 8.97. The van der Waals surface area contributed by atoms with Crippen LogP contribution in [0.5, 0.6) is 0 Å². The minimum absolute atomic E-state index is 0.566. The van der Waals surface area contributed by atoms with Crippen LogP contribution in [0.2, 0.25) is 0 Å². The van der Waals surface area contributed by atoms with Gasteiger partial charge in [-0.2, -0.15) is 0 Å². The number of aryl methyl sites for hydroxylation is 1. The summed E-state index contributed by atoms with van der Waals surface area (Å²) < 4.78 is 1.78. The van der Waals surface area contributed by atoms with Gasteiger partial charge in [-0.05, 0) is 49.4 Å². The van der Waals surface area contributed by atoms with Gasteiger partial charge in [0, 0.05) is 12.1 Å². The van der Waals surface area contributed by atoms with Crippen LogP contribution in [0.3, 0.4) is 0 Å². The quantitative estimate of drug-likeness (QED) is 0.697. The van der Waals surface area contributed by atoms with Crippen LogP contribution in [-0.2, 0) is 6.54 Å². The molecule has 3 heterocycles. The molecule has 0 aromatic carbocycles. The van der Waals surface area contributed by atoms with Crippen LogP contribution in [0.25, 0.3) is 11.4 Å². The second kappa shape index (κ2) is 6.25. The van der Waals surface area contributed by atoms with E-state index in [2.05, 4.69) is 32.1 Å². The number of rotatable bonds is 3. The molecule has 0 spiro atoms. The van der Waals surface area contributed by atoms with Crippen molar-refractivity contribution < 1.29 is 0 Å². The molecular formula is C19H17N5. The van der Waals surface area contributed by atoms with Gasteiger partial charge in [0.2, 0.25) is 0 Å². The maximum Gasteiger partial charge on any atom is 0.131 e. The molecule has 0 radical (unpaired) electrons. The molecule has 24 heavy (non-hydrogen) atoms. The second-order valence-electron chi connectivity index (χ2n) is 6.03. The normalized spacial score (nSPS) is 13.4. The SMILES string of the molecule is Cc1ccc(C#CC2CC2)nc1-c1cn(Cc2ccccn2)nn1. The highest BCUT2D eigenvalue weighted by molar-refractivity contribution is 5.58. The van der Waals surface area contributed by atoms with E-state index in [1.807, 2.05) is 43.5 Å². The Kier molecular flexibility index (Phi) is 3.80. The van der Waals surface area contributed by atoms with Gasteiger partial charge in [-0.1, -0.05) is 23.3 Å². The smallest absolute Gasteiger partial charge is 0.131 e. The summed E-state index contributed by atoms with van der Waals surface area (Å²) in [5.74, 6) is 6.98. The van der Waals surface area contributed by atoms with Gasteiger partial charge < -0.3 is 0 Å². The van der Waals surface area contributed by atoms with Crippen LogP contribution in [0, 0.1) is 24.7 Å². The second-order valence-corrected chi connectivity index (χ2v) is 6.03. The maximum atomic E-state index is 4.66. The zero-order valence-electron chi connectivity index (χ0n) is 13.5. The summed E-state index contributed by atoms with van der Waals surface area (Å²) in [6.45, 7) is 2.62. The molecule has 3 aromatic rings. The van der Waals surface area contributed by atoms with E-state index in [0.717, 1.165) is 28.3 Å². The highest BCUT2D eigenvalue weighted by Gasteiger charge is 2.18. The zero-order valence-corrected chi connectivity index (χ0v) is 13.5. The molecule has 0 amide bonds. The van der Waals surface area contributed by atoms with Gasteiger partial charge in [0.25, 0.3) is 0 Å². The van der Waals surface area contributed by atoms with E-state index in [1.165, 1.54) is 12.8 Å². The van der Waals surface area contributed by atoms with Crippen molar-refractivity contribution >= 4 is 0 Å². The number of pyridine rings is 2. The highest BCUT2D eigenvalue weighted by Crippen LogP contribution is 2.27. The lowest BCUT2D eigenvalue weighted by Gasteiger charge is -2.01. The molecule has 1 saturated carbocycles. The van der Waals surface area contributed by atoms with Crippen LogP contribution in [0.4, 0.5) is 0 Å². The van der Waals surface area contributed by atoms with Crippen molar-refractivity contribution in [3.63, 3.8) is 0 Å². The van der Waals surface area contributed by atoms with Gasteiger partial charge in [-0.3, -0.25) is 4.98 Å². The van der Waals surface area contributed by atoms with Crippen molar-refractivity contribution in [2.24, 2.45) is 5.92 Å². The van der Waals surface area contributed by atoms with Crippen molar-refractivity contribution in [2.45, 2.75) is 26.3 Å². The van der Waals surface area contributed by atoms with E-state index in [9.17, 15) is 0 Å². The van der Waals surface area contributed by atoms with Gasteiger partial charge in [0.1, 0.15) is 11.4 Å². The van der Waals surface area contributed by atoms with E-state index in [4.69, 9.17) is 0 Å². The third-order valence-electron chi connectivity index (χ3n) is 3.91. The van der Waals surface area contributed by atoms with Gasteiger partial charge in [-0.25, -0.2) is 9.67 Å². The van der Waals surface area contributed by atoms with Crippen molar-refractivity contribution in [2.75, 3.05) is 0 Å². The Labute approximate surface area is 140 Å². The fourth-order valence-electron chi connectivity index (χ4n) is 2.40. The van der Waals surface area contributed by atoms with E-state index in [1.54, 1.807) is 10.9 Å². The lowest BCUT2D eigenvalue weighted by molar-refractivity contribution is 0.639. The average Bonchev–Trinajstić information content (AvgIpc) is 3.33. The zero-order chi connectivity index (χ0) is 16.4. The Balaban J connectivity index is 1.59. The molecule has 4 rings (SSSR count). The standard InChI is InChI=1S/C19H17N5/c1-14-5-9-16(10-8-15-6-7-15)21-19(14)18-13-24(23-22-18)12-17-4-2-3-11-20-17/h2-5,9,11,13,15H,6-7,12H2,1H3. The van der Waals surface area contributed by atoms with Crippen molar-refractivity contribution in [1.29, 1.82) is 0 Å². The van der Waals surface area contributed by atoms with Gasteiger partial charge in [0.15, 0.2) is 0 Å². The molecule has 0 aliphatic heterocycles. The third-order valence-corrected chi connectivity index (χ3v) is 3.91. The van der Waals surface area contributed by atoms with Gasteiger partial charge in [0.05, 0.1) is 24.1 Å². The molecule has 1 aliphatic carbocycles. The molecule has 0 bridgehead atoms. The Bertz CT molecular complexity index is 914. The number of hydrogen-bond donors (Lipinski definition) is 0. The molecule has 0 atom stereocenters. The van der Waals surface area contributed by atoms with Gasteiger partial charge in [-0.15, -0.1) is 5.10 Å². The summed E-state index contributed by atoms with van der Waals surface area (Å²) in [5, 5.41) is 8.46. The topological polar surface area (TPSA) is 56.5 Å². The first-order valence-electron chi connectivity index (χ1n) is 8.07. The summed E-state index contributed by atoms with van der Waals surface area (Å²) in [5.41, 5.74) is 4.41. The molecule has 118 valence electrons. The summed E-state index contributed by atoms with van der Waals surface area (Å²) in [6, 6.07) is 9.84. The largest absolute Gasteiger partial charge is 0.259 e. The van der Waals surface area contributed by atoms with E-state index in [-0.39, 0.29) is 0 Å². The fraction of sp³-hybridized carbons (Fsp3) is 0.263. The Morgan fingerprint density at radius 3 is 2.92 bits per heavy atom. The molecular weight excluding hydrogens is 298 g/mol. The fourth-order valence-corrected chi connectivity index (χ4v) is 2.40. The first-order chi connectivity index (χ1) is 11.8. The molecule has 0 unspecified atom stereocenters. The number of aromatic nitrogens is 5. The molecule has 1 fully saturated rings. The first kappa shape index (κ1) is 14.6. The van der Waals surface area contributed by atoms with Crippen molar-refractivity contribution in [1.82, 2.24) is 25.0 Å². The monoisotopic (exact) mass is 315 g/mol. The van der Waals surface area contributed by atoms with Crippen LogP contribution in [0.1, 0.15) is 29.8 Å². The highest BCUT2D eigenvalue weighted by atomic mass is 15.4. The Morgan fingerprint density at radius 2 is 2.12 bits per heavy atom. The van der Waals surface area contributed by atoms with Gasteiger partial charge >= 0.3 is 0 Å². The lowest BCUT2D eigenvalue weighted by Crippen LogP contribution is -2.01. The molecule has 5 nitrogen and oxygen atoms in total. The van der Waals surface area contributed by atoms with E-state index < -0.39 is 0 Å². The van der Waals surface area contributed by atoms with Crippen LogP contribution in [0.15, 0.2) is 42.7 Å². The third kappa shape index (κ3) is 3.33. The maximum absolute atomic E-state index is 4.66. The van der Waals surface area contributed by atoms with Crippen molar-refractivity contribution in [3.05, 3.63) is 59.7 Å². The van der Waals surface area contributed by atoms with Crippen LogP contribution < -0.4 is 0 Å². The molecule has 3 aromatic heterocycles. The average molecular weight is 315 g/mol. The lowest BCUT2D eigenvalue weighted by atomic mass is 10.1. The molecule has 0 N–H and O–H groups in total. The minimum Gasteiger partial charge on any atom is -0.259 e. The minimum atomic E-state index is 0.566. The Hall–Kier alpha value is -3.00. The van der Waals surface area contributed by atoms with Crippen molar-refractivity contribution in [3.8, 4) is 23.2 Å². The van der Waals surface area contributed by atoms with Crippen LogP contribution >= 0.6 is 0 Å². The summed E-state index contributed by atoms with van der Waals surface area (Å²) >= 11 is 0.